The summed E-state index contributed by atoms with van der Waals surface area (Å²) in [4.78, 5) is 22.2. The Morgan fingerprint density at radius 3 is 2.67 bits per heavy atom. The van der Waals surface area contributed by atoms with Crippen molar-refractivity contribution < 1.29 is 34.8 Å². The van der Waals surface area contributed by atoms with Gasteiger partial charge in [0.1, 0.15) is 18.3 Å². The Bertz CT molecular complexity index is 419. The number of carboxylic acid groups (broad SMARTS) is 1. The summed E-state index contributed by atoms with van der Waals surface area (Å²) in [6, 6.07) is 0. The van der Waals surface area contributed by atoms with Gasteiger partial charge in [0.2, 0.25) is 5.91 Å². The number of carboxylic acids is 1. The van der Waals surface area contributed by atoms with Crippen LogP contribution >= 0.6 is 0 Å². The lowest BCUT2D eigenvalue weighted by Gasteiger charge is -2.37. The Morgan fingerprint density at radius 1 is 1.43 bits per heavy atom. The van der Waals surface area contributed by atoms with E-state index in [1.807, 2.05) is 0 Å². The summed E-state index contributed by atoms with van der Waals surface area (Å²) in [5, 5.41) is 40.5. The molecule has 5 atom stereocenters. The van der Waals surface area contributed by atoms with Crippen LogP contribution in [-0.4, -0.2) is 69.4 Å². The number of amides is 1. The lowest BCUT2D eigenvalue weighted by Crippen LogP contribution is -2.57. The smallest absolute Gasteiger partial charge is 0.332 e. The molecule has 118 valence electrons. The van der Waals surface area contributed by atoms with Gasteiger partial charge in [-0.2, -0.15) is 0 Å². The Morgan fingerprint density at radius 2 is 2.10 bits per heavy atom. The van der Waals surface area contributed by atoms with Gasteiger partial charge in [-0.05, 0) is 0 Å². The first-order valence-electron chi connectivity index (χ1n) is 6.49. The molecule has 5 N–H and O–H groups in total. The number of aliphatic hydroxyl groups is 3. The fourth-order valence-corrected chi connectivity index (χ4v) is 1.99. The van der Waals surface area contributed by atoms with Crippen LogP contribution in [0.3, 0.4) is 0 Å². The molecule has 1 heterocycles. The number of terminal acetylenes is 1. The van der Waals surface area contributed by atoms with Crippen molar-refractivity contribution in [3.05, 3.63) is 0 Å². The van der Waals surface area contributed by atoms with E-state index in [9.17, 15) is 24.9 Å². The van der Waals surface area contributed by atoms with Crippen molar-refractivity contribution in [3.8, 4) is 12.3 Å². The highest BCUT2D eigenvalue weighted by atomic mass is 16.5. The van der Waals surface area contributed by atoms with Gasteiger partial charge in [0.05, 0.1) is 6.10 Å². The molecule has 0 aromatic rings. The zero-order valence-electron chi connectivity index (χ0n) is 11.3. The monoisotopic (exact) mass is 301 g/mol. The van der Waals surface area contributed by atoms with Crippen molar-refractivity contribution in [2.45, 2.75) is 49.8 Å². The van der Waals surface area contributed by atoms with E-state index in [0.29, 0.717) is 0 Å². The maximum Gasteiger partial charge on any atom is 0.332 e. The number of carbonyl (C=O) groups is 2. The van der Waals surface area contributed by atoms with Gasteiger partial charge in [-0.15, -0.1) is 12.3 Å². The number of ether oxygens (including phenoxy) is 1. The molecule has 1 aliphatic rings. The maximum atomic E-state index is 11.3. The van der Waals surface area contributed by atoms with E-state index in [2.05, 4.69) is 11.2 Å². The second-order valence-electron chi connectivity index (χ2n) is 4.80. The first-order chi connectivity index (χ1) is 9.86. The van der Waals surface area contributed by atoms with Crippen molar-refractivity contribution in [2.24, 2.45) is 0 Å². The predicted molar refractivity (Wildman–Crippen MR) is 70.0 cm³/mol. The molecule has 1 rings (SSSR count). The first kappa shape index (κ1) is 17.4. The van der Waals surface area contributed by atoms with Crippen molar-refractivity contribution >= 4 is 11.9 Å². The molecule has 1 fully saturated rings. The Balaban J connectivity index is 2.54. The number of aliphatic carboxylic acids is 1. The van der Waals surface area contributed by atoms with E-state index in [1.165, 1.54) is 0 Å². The lowest BCUT2D eigenvalue weighted by molar-refractivity contribution is -0.208. The highest BCUT2D eigenvalue weighted by molar-refractivity contribution is 5.76. The van der Waals surface area contributed by atoms with E-state index in [1.54, 1.807) is 0 Å². The number of rotatable bonds is 6. The quantitative estimate of drug-likeness (QED) is 0.352. The summed E-state index contributed by atoms with van der Waals surface area (Å²) in [6.45, 7) is -0.246. The normalized spacial score (nSPS) is 30.2. The number of nitrogens with one attached hydrogen (secondary N) is 1. The third-order valence-electron chi connectivity index (χ3n) is 3.17. The zero-order chi connectivity index (χ0) is 16.0. The van der Waals surface area contributed by atoms with Crippen molar-refractivity contribution in [1.82, 2.24) is 5.32 Å². The molecule has 0 radical (unpaired) electrons. The van der Waals surface area contributed by atoms with Crippen LogP contribution in [0.15, 0.2) is 0 Å². The number of aliphatic hydroxyl groups excluding tert-OH is 3. The fourth-order valence-electron chi connectivity index (χ4n) is 1.99. The van der Waals surface area contributed by atoms with E-state index < -0.39 is 36.5 Å². The molecule has 0 saturated carbocycles. The molecule has 0 spiro atoms. The largest absolute Gasteiger partial charge is 0.479 e. The molecule has 0 aromatic carbocycles. The summed E-state index contributed by atoms with van der Waals surface area (Å²) in [5.41, 5.74) is 0. The van der Waals surface area contributed by atoms with E-state index in [0.717, 1.165) is 0 Å². The second-order valence-corrected chi connectivity index (χ2v) is 4.80. The molecule has 0 aliphatic carbocycles. The molecule has 8 heteroatoms. The topological polar surface area (TPSA) is 136 Å². The molecule has 2 unspecified atom stereocenters. The van der Waals surface area contributed by atoms with E-state index in [4.69, 9.17) is 16.3 Å². The molecule has 1 aliphatic heterocycles. The minimum absolute atomic E-state index is 0.0949. The average Bonchev–Trinajstić information content (AvgIpc) is 2.44. The summed E-state index contributed by atoms with van der Waals surface area (Å²) in [7, 11) is 0. The van der Waals surface area contributed by atoms with Gasteiger partial charge in [-0.3, -0.25) is 4.79 Å². The number of carbonyl (C=O) groups excluding carboxylic acids is 1. The van der Waals surface area contributed by atoms with Crippen molar-refractivity contribution in [3.63, 3.8) is 0 Å². The second kappa shape index (κ2) is 7.95. The third kappa shape index (κ3) is 4.99. The fraction of sp³-hybridized carbons (Fsp3) is 0.692. The minimum atomic E-state index is -1.43. The van der Waals surface area contributed by atoms with Crippen LogP contribution in [0, 0.1) is 12.3 Å². The number of hydrogen-bond donors (Lipinski definition) is 5. The molecular weight excluding hydrogens is 282 g/mol. The van der Waals surface area contributed by atoms with Crippen molar-refractivity contribution in [2.75, 3.05) is 6.54 Å². The van der Waals surface area contributed by atoms with Crippen LogP contribution in [0.4, 0.5) is 0 Å². The Labute approximate surface area is 121 Å². The van der Waals surface area contributed by atoms with Gasteiger partial charge in [-0.25, -0.2) is 4.79 Å². The molecule has 0 aromatic heterocycles. The standard InChI is InChI=1S/C13H19NO7/c1-2-3-4-10(17)14-6-8(16)12-11(18)7(15)5-9(21-12)13(19)20/h1,7-9,11-12,15-16,18H,3-6H2,(H,14,17)(H,19,20)/t7?,8-,9-,11-,12?/m1/s1. The highest BCUT2D eigenvalue weighted by Crippen LogP contribution is 2.22. The third-order valence-corrected chi connectivity index (χ3v) is 3.17. The summed E-state index contributed by atoms with van der Waals surface area (Å²) in [5.74, 6) is 0.617. The SMILES string of the molecule is C#CCCC(=O)NC[C@@H](O)C1O[C@@H](C(=O)O)CC(O)[C@H]1O. The first-order valence-corrected chi connectivity index (χ1v) is 6.49. The van der Waals surface area contributed by atoms with Gasteiger partial charge in [0, 0.05) is 25.8 Å². The van der Waals surface area contributed by atoms with Gasteiger partial charge < -0.3 is 30.5 Å². The molecule has 21 heavy (non-hydrogen) atoms. The molecule has 1 saturated heterocycles. The van der Waals surface area contributed by atoms with Crippen LogP contribution in [0.1, 0.15) is 19.3 Å². The van der Waals surface area contributed by atoms with Gasteiger partial charge in [0.25, 0.3) is 0 Å². The Kier molecular flexibility index (Phi) is 6.58. The number of hydrogen-bond acceptors (Lipinski definition) is 6. The molecule has 8 nitrogen and oxygen atoms in total. The average molecular weight is 301 g/mol. The van der Waals surface area contributed by atoms with Crippen LogP contribution in [0.5, 0.6) is 0 Å². The maximum absolute atomic E-state index is 11.3. The van der Waals surface area contributed by atoms with E-state index >= 15 is 0 Å². The lowest BCUT2D eigenvalue weighted by atomic mass is 9.94. The van der Waals surface area contributed by atoms with Gasteiger partial charge in [-0.1, -0.05) is 0 Å². The predicted octanol–water partition coefficient (Wildman–Crippen LogP) is -2.16. The Hall–Kier alpha value is -1.66. The summed E-state index contributed by atoms with van der Waals surface area (Å²) in [6.07, 6.45) is -1.64. The molecular formula is C13H19NO7. The van der Waals surface area contributed by atoms with Crippen molar-refractivity contribution in [1.29, 1.82) is 0 Å². The van der Waals surface area contributed by atoms with E-state index in [-0.39, 0.29) is 31.7 Å². The summed E-state index contributed by atoms with van der Waals surface area (Å²) < 4.78 is 5.06. The van der Waals surface area contributed by atoms with Crippen LogP contribution in [-0.2, 0) is 14.3 Å². The van der Waals surface area contributed by atoms with Gasteiger partial charge >= 0.3 is 5.97 Å². The zero-order valence-corrected chi connectivity index (χ0v) is 11.3. The molecule has 0 bridgehead atoms. The molecule has 1 amide bonds. The van der Waals surface area contributed by atoms with Crippen LogP contribution in [0.2, 0.25) is 0 Å². The minimum Gasteiger partial charge on any atom is -0.479 e. The summed E-state index contributed by atoms with van der Waals surface area (Å²) >= 11 is 0. The van der Waals surface area contributed by atoms with Crippen LogP contribution in [0.25, 0.3) is 0 Å². The highest BCUT2D eigenvalue weighted by Gasteiger charge is 2.42. The van der Waals surface area contributed by atoms with Crippen LogP contribution < -0.4 is 5.32 Å². The van der Waals surface area contributed by atoms with Gasteiger partial charge in [0.15, 0.2) is 6.10 Å².